The molecule has 0 aliphatic rings. The van der Waals surface area contributed by atoms with Gasteiger partial charge in [0.1, 0.15) is 0 Å². The van der Waals surface area contributed by atoms with Crippen LogP contribution in [0.15, 0.2) is 4.42 Å². The zero-order valence-electron chi connectivity index (χ0n) is 25.4. The van der Waals surface area contributed by atoms with E-state index in [9.17, 15) is 102 Å². The molecule has 21 nitrogen and oxygen atoms in total. The summed E-state index contributed by atoms with van der Waals surface area (Å²) in [4.78, 5) is 0. The van der Waals surface area contributed by atoms with Crippen LogP contribution in [0.1, 0.15) is 0 Å². The second-order valence-corrected chi connectivity index (χ2v) is 11.5. The van der Waals surface area contributed by atoms with Gasteiger partial charge in [-0.3, -0.25) is 0 Å². The number of hydrogen-bond acceptors (Lipinski definition) is 21. The van der Waals surface area contributed by atoms with E-state index in [1.54, 1.807) is 0 Å². The lowest BCUT2D eigenvalue weighted by Gasteiger charge is -2.24. The van der Waals surface area contributed by atoms with Crippen molar-refractivity contribution in [2.75, 3.05) is 0 Å². The maximum Gasteiger partial charge on any atom is 0.208 e. The van der Waals surface area contributed by atoms with Crippen LogP contribution in [0.3, 0.4) is 0 Å². The Kier molecular flexibility index (Phi) is 6.32. The molecular formula is C32H20O21. The third kappa shape index (κ3) is 3.67. The molecule has 21 heteroatoms. The molecule has 7 rings (SSSR count). The van der Waals surface area contributed by atoms with Crippen molar-refractivity contribution in [3.05, 3.63) is 0 Å². The highest BCUT2D eigenvalue weighted by Crippen LogP contribution is 2.68. The summed E-state index contributed by atoms with van der Waals surface area (Å²) >= 11 is 0. The van der Waals surface area contributed by atoms with Crippen LogP contribution in [0.5, 0.6) is 115 Å². The van der Waals surface area contributed by atoms with E-state index in [1.165, 1.54) is 0 Å². The molecule has 0 aliphatic carbocycles. The van der Waals surface area contributed by atoms with Crippen LogP contribution in [0, 0.1) is 0 Å². The van der Waals surface area contributed by atoms with Crippen molar-refractivity contribution in [2.24, 2.45) is 0 Å². The Hall–Kier alpha value is -8.36. The number of phenolic OH excluding ortho intramolecular Hbond substituents is 20. The first-order chi connectivity index (χ1) is 24.7. The molecule has 1 aromatic heterocycles. The van der Waals surface area contributed by atoms with Crippen molar-refractivity contribution in [1.82, 2.24) is 0 Å². The second kappa shape index (κ2) is 10.1. The van der Waals surface area contributed by atoms with Gasteiger partial charge in [-0.05, 0) is 0 Å². The van der Waals surface area contributed by atoms with Gasteiger partial charge in [0.25, 0.3) is 0 Å². The summed E-state index contributed by atoms with van der Waals surface area (Å²) in [6, 6.07) is 0. The van der Waals surface area contributed by atoms with Crippen LogP contribution in [0.2, 0.25) is 0 Å². The number of phenols is 20. The molecule has 0 fully saturated rings. The van der Waals surface area contributed by atoms with E-state index in [1.807, 2.05) is 0 Å². The highest BCUT2D eigenvalue weighted by Gasteiger charge is 2.39. The summed E-state index contributed by atoms with van der Waals surface area (Å²) in [7, 11) is 0. The highest BCUT2D eigenvalue weighted by atomic mass is 16.4. The Morgan fingerprint density at radius 1 is 0.170 bits per heavy atom. The summed E-state index contributed by atoms with van der Waals surface area (Å²) in [5.41, 5.74) is -6.97. The minimum atomic E-state index is -1.63. The van der Waals surface area contributed by atoms with Crippen LogP contribution in [0.4, 0.5) is 0 Å². The first-order valence-electron chi connectivity index (χ1n) is 14.1. The molecule has 0 bridgehead atoms. The molecule has 7 aromatic rings. The Bertz CT molecular complexity index is 2780. The molecule has 0 saturated heterocycles. The van der Waals surface area contributed by atoms with E-state index in [4.69, 9.17) is 4.42 Å². The number of fused-ring (bicyclic) bond motifs is 5. The minimum Gasteiger partial charge on any atom is -0.504 e. The summed E-state index contributed by atoms with van der Waals surface area (Å²) in [5.74, 6) is -31.0. The fourth-order valence-corrected chi connectivity index (χ4v) is 6.42. The topological polar surface area (TPSA) is 418 Å². The van der Waals surface area contributed by atoms with E-state index >= 15 is 0 Å². The van der Waals surface area contributed by atoms with Crippen molar-refractivity contribution < 1.29 is 107 Å². The van der Waals surface area contributed by atoms with Gasteiger partial charge in [0, 0.05) is 43.6 Å². The monoisotopic (exact) mass is 740 g/mol. The number of hydrogen-bond donors (Lipinski definition) is 20. The maximum atomic E-state index is 11.5. The van der Waals surface area contributed by atoms with Gasteiger partial charge < -0.3 is 107 Å². The molecule has 0 spiro atoms. The van der Waals surface area contributed by atoms with Crippen molar-refractivity contribution in [3.8, 4) is 137 Å². The Morgan fingerprint density at radius 3 is 0.774 bits per heavy atom. The molecule has 0 saturated carbocycles. The SMILES string of the molecule is Oc1c(O)c(O)c(-c2c3c(O)c(O)c(O)c(O)c3c(-c3c(O)c(O)c(O)c4oc5c(O)c(O)c(O)c(O)c5c34)c3c(O)c(O)c(O)c(O)c23)c(O)c1O. The van der Waals surface area contributed by atoms with Crippen LogP contribution in [-0.2, 0) is 0 Å². The maximum absolute atomic E-state index is 11.5. The van der Waals surface area contributed by atoms with Gasteiger partial charge in [-0.1, -0.05) is 0 Å². The first-order valence-corrected chi connectivity index (χ1v) is 14.1. The van der Waals surface area contributed by atoms with Gasteiger partial charge in [-0.2, -0.15) is 0 Å². The predicted molar refractivity (Wildman–Crippen MR) is 173 cm³/mol. The smallest absolute Gasteiger partial charge is 0.208 e. The predicted octanol–water partition coefficient (Wildman–Crippen LogP) is 3.34. The molecule has 6 aromatic carbocycles. The Morgan fingerprint density at radius 2 is 0.396 bits per heavy atom. The average Bonchev–Trinajstić information content (AvgIpc) is 3.53. The fraction of sp³-hybridized carbons (Fsp3) is 0. The van der Waals surface area contributed by atoms with Gasteiger partial charge in [0.15, 0.2) is 57.2 Å². The van der Waals surface area contributed by atoms with Crippen LogP contribution < -0.4 is 0 Å². The number of aromatic hydroxyl groups is 20. The van der Waals surface area contributed by atoms with E-state index < -0.39 is 181 Å². The van der Waals surface area contributed by atoms with Gasteiger partial charge in [0.2, 0.25) is 69.0 Å². The molecule has 20 N–H and O–H groups in total. The highest BCUT2D eigenvalue weighted by molar-refractivity contribution is 6.33. The molecular weight excluding hydrogens is 720 g/mol. The fourth-order valence-electron chi connectivity index (χ4n) is 6.42. The molecule has 53 heavy (non-hydrogen) atoms. The number of furan rings is 1. The zero-order valence-corrected chi connectivity index (χ0v) is 25.4. The third-order valence-electron chi connectivity index (χ3n) is 8.85. The van der Waals surface area contributed by atoms with E-state index in [0.717, 1.165) is 0 Å². The quantitative estimate of drug-likeness (QED) is 0.0686. The zero-order chi connectivity index (χ0) is 39.2. The van der Waals surface area contributed by atoms with Gasteiger partial charge in [-0.15, -0.1) is 0 Å². The lowest BCUT2D eigenvalue weighted by molar-refractivity contribution is 0.330. The minimum absolute atomic E-state index is 0.944. The van der Waals surface area contributed by atoms with E-state index in [0.29, 0.717) is 0 Å². The van der Waals surface area contributed by atoms with E-state index in [2.05, 4.69) is 0 Å². The van der Waals surface area contributed by atoms with E-state index in [-0.39, 0.29) is 0 Å². The van der Waals surface area contributed by atoms with Gasteiger partial charge in [-0.25, -0.2) is 0 Å². The second-order valence-electron chi connectivity index (χ2n) is 11.5. The molecule has 274 valence electrons. The Balaban J connectivity index is 1.97. The van der Waals surface area contributed by atoms with Gasteiger partial charge >= 0.3 is 0 Å². The summed E-state index contributed by atoms with van der Waals surface area (Å²) in [6.45, 7) is 0. The first kappa shape index (κ1) is 33.2. The molecule has 0 radical (unpaired) electrons. The lowest BCUT2D eigenvalue weighted by atomic mass is 9.81. The molecule has 0 atom stereocenters. The number of benzene rings is 6. The largest absolute Gasteiger partial charge is 0.504 e. The molecule has 0 aliphatic heterocycles. The lowest BCUT2D eigenvalue weighted by Crippen LogP contribution is -1.96. The Labute approximate surface area is 287 Å². The van der Waals surface area contributed by atoms with Crippen LogP contribution in [0.25, 0.3) is 65.7 Å². The normalized spacial score (nSPS) is 11.8. The average molecular weight is 740 g/mol. The molecule has 0 unspecified atom stereocenters. The molecule has 0 amide bonds. The number of rotatable bonds is 2. The van der Waals surface area contributed by atoms with Crippen molar-refractivity contribution >= 4 is 43.5 Å². The standard InChI is InChI=1S/C32H20O21/c33-11-3-1(7-8-10-18(40)25(47)28(50)30(52)32(10)53-31(8)29(51)26(48)15(7)37)4-6(14(36)22(44)20(42)12(4)34)2(5(3)13(35)21(43)19(11)41)9-16(38)23(45)27(49)24(46)17(9)39/h33-52H. The summed E-state index contributed by atoms with van der Waals surface area (Å²) < 4.78 is 5.36. The van der Waals surface area contributed by atoms with Crippen LogP contribution >= 0.6 is 0 Å². The third-order valence-corrected chi connectivity index (χ3v) is 8.85. The summed E-state index contributed by atoms with van der Waals surface area (Å²) in [5, 5.41) is 209. The van der Waals surface area contributed by atoms with Crippen LogP contribution in [-0.4, -0.2) is 102 Å². The van der Waals surface area contributed by atoms with Gasteiger partial charge in [0.05, 0.1) is 10.9 Å². The molecule has 1 heterocycles. The summed E-state index contributed by atoms with van der Waals surface area (Å²) in [6.07, 6.45) is 0. The van der Waals surface area contributed by atoms with Crippen molar-refractivity contribution in [1.29, 1.82) is 0 Å². The van der Waals surface area contributed by atoms with Crippen molar-refractivity contribution in [2.45, 2.75) is 0 Å². The van der Waals surface area contributed by atoms with Crippen molar-refractivity contribution in [3.63, 3.8) is 0 Å².